The minimum Gasteiger partial charge on any atom is -0.376 e. The second-order valence-electron chi connectivity index (χ2n) is 9.50. The molecule has 2 atom stereocenters. The van der Waals surface area contributed by atoms with Gasteiger partial charge in [-0.05, 0) is 91.5 Å². The highest BCUT2D eigenvalue weighted by Gasteiger charge is 2.33. The number of hydrogen-bond acceptors (Lipinski definition) is 6. The predicted octanol–water partition coefficient (Wildman–Crippen LogP) is 3.13. The third kappa shape index (κ3) is 3.97. The lowest BCUT2D eigenvalue weighted by Gasteiger charge is -2.36. The lowest BCUT2D eigenvalue weighted by molar-refractivity contribution is 0.0894. The largest absolute Gasteiger partial charge is 0.376 e. The van der Waals surface area contributed by atoms with Crippen molar-refractivity contribution in [3.8, 4) is 0 Å². The van der Waals surface area contributed by atoms with Crippen molar-refractivity contribution in [2.24, 2.45) is 5.92 Å². The average molecular weight is 437 g/mol. The number of H-pyrrole nitrogens is 1. The van der Waals surface area contributed by atoms with Crippen LogP contribution in [0, 0.1) is 19.8 Å². The monoisotopic (exact) mass is 436 g/mol. The van der Waals surface area contributed by atoms with Crippen molar-refractivity contribution in [3.63, 3.8) is 0 Å². The Kier molecular flexibility index (Phi) is 5.82. The minimum atomic E-state index is -0.284. The lowest BCUT2D eigenvalue weighted by atomic mass is 9.95. The molecule has 170 valence electrons. The normalized spacial score (nSPS) is 21.4. The van der Waals surface area contributed by atoms with Crippen LogP contribution in [0.15, 0.2) is 23.0 Å². The number of pyridine rings is 1. The quantitative estimate of drug-likeness (QED) is 0.661. The molecule has 8 heteroatoms. The molecule has 2 aliphatic rings. The highest BCUT2D eigenvalue weighted by Crippen LogP contribution is 2.31. The standard InChI is InChI=1S/C24H32N6O2/c1-15-8-10-29(11-9-15)22(23-26-27-28-30(23)14-19-5-4-12-32-19)20-13-18-7-6-16(2)17(3)21(18)25-24(20)31/h6-7,13,15,19,22H,4-5,8-12,14H2,1-3H3,(H,25,31). The van der Waals surface area contributed by atoms with Gasteiger partial charge in [-0.3, -0.25) is 9.69 Å². The van der Waals surface area contributed by atoms with E-state index in [9.17, 15) is 4.79 Å². The molecule has 1 aromatic carbocycles. The maximum absolute atomic E-state index is 13.4. The van der Waals surface area contributed by atoms with Crippen LogP contribution in [-0.4, -0.2) is 55.9 Å². The molecule has 0 bridgehead atoms. The first kappa shape index (κ1) is 21.3. The Morgan fingerprint density at radius 1 is 1.22 bits per heavy atom. The highest BCUT2D eigenvalue weighted by molar-refractivity contribution is 5.83. The number of rotatable bonds is 5. The topological polar surface area (TPSA) is 88.9 Å². The smallest absolute Gasteiger partial charge is 0.253 e. The van der Waals surface area contributed by atoms with E-state index in [1.807, 2.05) is 10.7 Å². The number of tetrazole rings is 1. The summed E-state index contributed by atoms with van der Waals surface area (Å²) in [6, 6.07) is 5.95. The number of aromatic nitrogens is 5. The van der Waals surface area contributed by atoms with Crippen molar-refractivity contribution >= 4 is 10.9 Å². The van der Waals surface area contributed by atoms with E-state index >= 15 is 0 Å². The van der Waals surface area contributed by atoms with Crippen molar-refractivity contribution < 1.29 is 4.74 Å². The summed E-state index contributed by atoms with van der Waals surface area (Å²) in [5.74, 6) is 1.42. The van der Waals surface area contributed by atoms with E-state index in [1.165, 1.54) is 5.56 Å². The number of fused-ring (bicyclic) bond motifs is 1. The van der Waals surface area contributed by atoms with E-state index in [2.05, 4.69) is 58.3 Å². The summed E-state index contributed by atoms with van der Waals surface area (Å²) in [6.45, 7) is 9.66. The first-order chi connectivity index (χ1) is 15.5. The van der Waals surface area contributed by atoms with Gasteiger partial charge in [0.15, 0.2) is 5.82 Å². The number of piperidine rings is 1. The molecule has 32 heavy (non-hydrogen) atoms. The fourth-order valence-electron chi connectivity index (χ4n) is 5.05. The van der Waals surface area contributed by atoms with Crippen LogP contribution >= 0.6 is 0 Å². The molecule has 2 unspecified atom stereocenters. The van der Waals surface area contributed by atoms with Gasteiger partial charge in [0, 0.05) is 12.2 Å². The SMILES string of the molecule is Cc1ccc2cc(C(c3nnnn3CC3CCCO3)N3CCC(C)CC3)c(=O)[nH]c2c1C. The highest BCUT2D eigenvalue weighted by atomic mass is 16.5. The molecule has 8 nitrogen and oxygen atoms in total. The summed E-state index contributed by atoms with van der Waals surface area (Å²) in [5, 5.41) is 13.8. The predicted molar refractivity (Wildman–Crippen MR) is 123 cm³/mol. The van der Waals surface area contributed by atoms with Gasteiger partial charge in [-0.25, -0.2) is 4.68 Å². The molecule has 0 aliphatic carbocycles. The number of ether oxygens (including phenoxy) is 1. The third-order valence-electron chi connectivity index (χ3n) is 7.26. The van der Waals surface area contributed by atoms with E-state index in [1.54, 1.807) is 0 Å². The second-order valence-corrected chi connectivity index (χ2v) is 9.50. The number of nitrogens with one attached hydrogen (secondary N) is 1. The molecule has 2 saturated heterocycles. The van der Waals surface area contributed by atoms with Crippen molar-refractivity contribution in [1.82, 2.24) is 30.1 Å². The molecule has 0 saturated carbocycles. The zero-order chi connectivity index (χ0) is 22.2. The van der Waals surface area contributed by atoms with Gasteiger partial charge in [-0.15, -0.1) is 5.10 Å². The molecular formula is C24H32N6O2. The second kappa shape index (κ2) is 8.75. The molecule has 0 radical (unpaired) electrons. The first-order valence-corrected chi connectivity index (χ1v) is 11.8. The summed E-state index contributed by atoms with van der Waals surface area (Å²) in [5.41, 5.74) is 3.82. The Labute approximate surface area is 188 Å². The van der Waals surface area contributed by atoms with E-state index in [0.29, 0.717) is 18.0 Å². The van der Waals surface area contributed by atoms with Crippen LogP contribution in [-0.2, 0) is 11.3 Å². The molecule has 2 fully saturated rings. The Hall–Kier alpha value is -2.58. The summed E-state index contributed by atoms with van der Waals surface area (Å²) in [6.07, 6.45) is 4.42. The maximum atomic E-state index is 13.4. The molecule has 4 heterocycles. The fraction of sp³-hybridized carbons (Fsp3) is 0.583. The van der Waals surface area contributed by atoms with Gasteiger partial charge in [-0.2, -0.15) is 0 Å². The summed E-state index contributed by atoms with van der Waals surface area (Å²) >= 11 is 0. The fourth-order valence-corrected chi connectivity index (χ4v) is 5.05. The number of aryl methyl sites for hydroxylation is 2. The van der Waals surface area contributed by atoms with Gasteiger partial charge < -0.3 is 9.72 Å². The summed E-state index contributed by atoms with van der Waals surface area (Å²) in [4.78, 5) is 18.9. The van der Waals surface area contributed by atoms with Crippen LogP contribution in [0.4, 0.5) is 0 Å². The van der Waals surface area contributed by atoms with Gasteiger partial charge in [0.1, 0.15) is 6.04 Å². The number of benzene rings is 1. The third-order valence-corrected chi connectivity index (χ3v) is 7.26. The van der Waals surface area contributed by atoms with Crippen LogP contribution < -0.4 is 5.56 Å². The Morgan fingerprint density at radius 2 is 2.03 bits per heavy atom. The molecule has 3 aromatic rings. The summed E-state index contributed by atoms with van der Waals surface area (Å²) in [7, 11) is 0. The molecular weight excluding hydrogens is 404 g/mol. The molecule has 2 aromatic heterocycles. The molecule has 0 amide bonds. The van der Waals surface area contributed by atoms with Crippen molar-refractivity contribution in [3.05, 3.63) is 51.1 Å². The van der Waals surface area contributed by atoms with Crippen LogP contribution in [0.1, 0.15) is 61.2 Å². The van der Waals surface area contributed by atoms with E-state index in [4.69, 9.17) is 4.74 Å². The zero-order valence-corrected chi connectivity index (χ0v) is 19.2. The molecule has 0 spiro atoms. The Balaban J connectivity index is 1.60. The van der Waals surface area contributed by atoms with E-state index in [-0.39, 0.29) is 17.7 Å². The molecule has 5 rings (SSSR count). The van der Waals surface area contributed by atoms with Gasteiger partial charge in [0.2, 0.25) is 0 Å². The number of aromatic amines is 1. The first-order valence-electron chi connectivity index (χ1n) is 11.8. The van der Waals surface area contributed by atoms with Crippen molar-refractivity contribution in [1.29, 1.82) is 0 Å². The van der Waals surface area contributed by atoms with Crippen molar-refractivity contribution in [2.45, 2.75) is 65.1 Å². The van der Waals surface area contributed by atoms with Crippen LogP contribution in [0.3, 0.4) is 0 Å². The molecule has 1 N–H and O–H groups in total. The van der Waals surface area contributed by atoms with Gasteiger partial charge in [-0.1, -0.05) is 19.1 Å². The van der Waals surface area contributed by atoms with E-state index in [0.717, 1.165) is 67.7 Å². The maximum Gasteiger partial charge on any atom is 0.253 e. The number of nitrogens with zero attached hydrogens (tertiary/aromatic N) is 5. The molecule has 2 aliphatic heterocycles. The van der Waals surface area contributed by atoms with Gasteiger partial charge in [0.25, 0.3) is 5.56 Å². The number of hydrogen-bond donors (Lipinski definition) is 1. The lowest BCUT2D eigenvalue weighted by Crippen LogP contribution is -2.40. The van der Waals surface area contributed by atoms with Gasteiger partial charge in [0.05, 0.1) is 18.2 Å². The van der Waals surface area contributed by atoms with Gasteiger partial charge >= 0.3 is 0 Å². The van der Waals surface area contributed by atoms with Crippen LogP contribution in [0.2, 0.25) is 0 Å². The number of likely N-dealkylation sites (tertiary alicyclic amines) is 1. The minimum absolute atomic E-state index is 0.0681. The summed E-state index contributed by atoms with van der Waals surface area (Å²) < 4.78 is 7.68. The van der Waals surface area contributed by atoms with Crippen LogP contribution in [0.5, 0.6) is 0 Å². The zero-order valence-electron chi connectivity index (χ0n) is 19.2. The van der Waals surface area contributed by atoms with Crippen molar-refractivity contribution in [2.75, 3.05) is 19.7 Å². The average Bonchev–Trinajstić information content (AvgIpc) is 3.46. The van der Waals surface area contributed by atoms with E-state index < -0.39 is 0 Å². The van der Waals surface area contributed by atoms with Crippen LogP contribution in [0.25, 0.3) is 10.9 Å². The Morgan fingerprint density at radius 3 is 2.78 bits per heavy atom. The Bertz CT molecular complexity index is 1150.